The van der Waals surface area contributed by atoms with Crippen molar-refractivity contribution >= 4 is 28.3 Å². The van der Waals surface area contributed by atoms with Gasteiger partial charge in [0.2, 0.25) is 0 Å². The number of hydrogen-bond acceptors (Lipinski definition) is 5. The lowest BCUT2D eigenvalue weighted by Gasteiger charge is -2.34. The van der Waals surface area contributed by atoms with Crippen molar-refractivity contribution in [2.24, 2.45) is 7.05 Å². The molecule has 0 atom stereocenters. The number of benzene rings is 1. The van der Waals surface area contributed by atoms with E-state index in [2.05, 4.69) is 4.98 Å². The first-order valence-electron chi connectivity index (χ1n) is 9.87. The van der Waals surface area contributed by atoms with E-state index in [1.165, 1.54) is 16.7 Å². The highest BCUT2D eigenvalue weighted by Gasteiger charge is 2.30. The van der Waals surface area contributed by atoms with Crippen LogP contribution in [0, 0.1) is 11.3 Å². The summed E-state index contributed by atoms with van der Waals surface area (Å²) in [7, 11) is 1.58. The van der Waals surface area contributed by atoms with Gasteiger partial charge >= 0.3 is 6.18 Å². The van der Waals surface area contributed by atoms with Crippen LogP contribution >= 0.6 is 11.6 Å². The van der Waals surface area contributed by atoms with Gasteiger partial charge in [-0.1, -0.05) is 11.6 Å². The average molecular weight is 463 g/mol. The predicted octanol–water partition coefficient (Wildman–Crippen LogP) is 4.53. The molecule has 0 bridgehead atoms. The van der Waals surface area contributed by atoms with Crippen LogP contribution in [0.4, 0.5) is 18.9 Å². The topological polar surface area (TPSA) is 71.2 Å². The Balaban J connectivity index is 1.56. The molecule has 1 aliphatic rings. The molecule has 1 aromatic carbocycles. The van der Waals surface area contributed by atoms with Gasteiger partial charge in [-0.15, -0.1) is 0 Å². The highest BCUT2D eigenvalue weighted by Crippen LogP contribution is 2.33. The monoisotopic (exact) mass is 462 g/mol. The van der Waals surface area contributed by atoms with E-state index in [-0.39, 0.29) is 16.8 Å². The number of fused-ring (bicyclic) bond motifs is 1. The van der Waals surface area contributed by atoms with E-state index in [0.29, 0.717) is 48.4 Å². The van der Waals surface area contributed by atoms with Gasteiger partial charge < -0.3 is 14.2 Å². The molecule has 0 unspecified atom stereocenters. The summed E-state index contributed by atoms with van der Waals surface area (Å²) in [6.45, 7) is 0.965. The van der Waals surface area contributed by atoms with Crippen LogP contribution in [0.25, 0.3) is 11.0 Å². The maximum atomic E-state index is 12.7. The number of aryl methyl sites for hydroxylation is 1. The Morgan fingerprint density at radius 2 is 1.81 bits per heavy atom. The first kappa shape index (κ1) is 22.0. The van der Waals surface area contributed by atoms with E-state index in [4.69, 9.17) is 16.3 Å². The van der Waals surface area contributed by atoms with Crippen LogP contribution in [0.1, 0.15) is 24.0 Å². The van der Waals surface area contributed by atoms with Gasteiger partial charge in [-0.2, -0.15) is 18.4 Å². The molecule has 0 saturated carbocycles. The number of ether oxygens (including phenoxy) is 1. The number of rotatable bonds is 3. The molecule has 32 heavy (non-hydrogen) atoms. The molecule has 3 heterocycles. The smallest absolute Gasteiger partial charge is 0.416 e. The van der Waals surface area contributed by atoms with E-state index < -0.39 is 17.3 Å². The van der Waals surface area contributed by atoms with Gasteiger partial charge in [0.25, 0.3) is 5.56 Å². The van der Waals surface area contributed by atoms with Crippen molar-refractivity contribution in [2.75, 3.05) is 18.0 Å². The molecule has 3 aromatic rings. The number of halogens is 4. The van der Waals surface area contributed by atoms with E-state index >= 15 is 0 Å². The van der Waals surface area contributed by atoms with Crippen LogP contribution in [-0.2, 0) is 13.2 Å². The third kappa shape index (κ3) is 4.10. The SMILES string of the molecule is Cn1c(=O)c(C#N)c(N2CCC(Oc3ccc(C(F)(F)F)cc3)CC2)c2nc(Cl)ccc21. The minimum atomic E-state index is -4.39. The zero-order valence-electron chi connectivity index (χ0n) is 17.0. The van der Waals surface area contributed by atoms with Crippen molar-refractivity contribution in [3.8, 4) is 11.8 Å². The Hall–Kier alpha value is -3.25. The minimum Gasteiger partial charge on any atom is -0.490 e. The summed E-state index contributed by atoms with van der Waals surface area (Å²) in [5.74, 6) is 0.363. The Bertz CT molecular complexity index is 1260. The molecule has 0 amide bonds. The van der Waals surface area contributed by atoms with Gasteiger partial charge in [0, 0.05) is 33.0 Å². The molecular formula is C22H18ClF3N4O2. The third-order valence-corrected chi connectivity index (χ3v) is 5.75. The summed E-state index contributed by atoms with van der Waals surface area (Å²) in [5, 5.41) is 9.91. The molecule has 166 valence electrons. The van der Waals surface area contributed by atoms with Crippen LogP contribution in [-0.4, -0.2) is 28.7 Å². The minimum absolute atomic E-state index is 0.00289. The maximum Gasteiger partial charge on any atom is 0.416 e. The summed E-state index contributed by atoms with van der Waals surface area (Å²) in [6, 6.07) is 9.88. The maximum absolute atomic E-state index is 12.7. The number of hydrogen-bond donors (Lipinski definition) is 0. The second-order valence-corrected chi connectivity index (χ2v) is 7.91. The van der Waals surface area contributed by atoms with Gasteiger partial charge in [-0.25, -0.2) is 4.98 Å². The number of alkyl halides is 3. The predicted molar refractivity (Wildman–Crippen MR) is 114 cm³/mol. The summed E-state index contributed by atoms with van der Waals surface area (Å²) in [4.78, 5) is 19.0. The number of pyridine rings is 2. The second-order valence-electron chi connectivity index (χ2n) is 7.53. The molecule has 0 N–H and O–H groups in total. The van der Waals surface area contributed by atoms with Gasteiger partial charge in [0.1, 0.15) is 34.2 Å². The van der Waals surface area contributed by atoms with E-state index in [1.54, 1.807) is 19.2 Å². The quantitative estimate of drug-likeness (QED) is 0.535. The van der Waals surface area contributed by atoms with Crippen molar-refractivity contribution < 1.29 is 17.9 Å². The van der Waals surface area contributed by atoms with Crippen molar-refractivity contribution in [3.05, 3.63) is 63.0 Å². The second kappa shape index (κ2) is 8.36. The summed E-state index contributed by atoms with van der Waals surface area (Å²) in [5.41, 5.74) is 0.336. The third-order valence-electron chi connectivity index (χ3n) is 5.54. The van der Waals surface area contributed by atoms with Crippen molar-refractivity contribution in [2.45, 2.75) is 25.1 Å². The molecule has 1 saturated heterocycles. The molecule has 2 aromatic heterocycles. The lowest BCUT2D eigenvalue weighted by atomic mass is 10.0. The van der Waals surface area contributed by atoms with E-state index in [9.17, 15) is 23.2 Å². The zero-order valence-corrected chi connectivity index (χ0v) is 17.7. The van der Waals surface area contributed by atoms with Crippen LogP contribution < -0.4 is 15.2 Å². The van der Waals surface area contributed by atoms with E-state index in [0.717, 1.165) is 12.1 Å². The molecular weight excluding hydrogens is 445 g/mol. The number of anilines is 1. The van der Waals surface area contributed by atoms with Gasteiger partial charge in [0.05, 0.1) is 16.8 Å². The van der Waals surface area contributed by atoms with Crippen molar-refractivity contribution in [3.63, 3.8) is 0 Å². The first-order valence-corrected chi connectivity index (χ1v) is 10.2. The number of piperidine rings is 1. The van der Waals surface area contributed by atoms with Gasteiger partial charge in [-0.3, -0.25) is 4.79 Å². The highest BCUT2D eigenvalue weighted by atomic mass is 35.5. The molecule has 10 heteroatoms. The largest absolute Gasteiger partial charge is 0.490 e. The fraction of sp³-hybridized carbons (Fsp3) is 0.318. The van der Waals surface area contributed by atoms with E-state index in [1.807, 2.05) is 11.0 Å². The molecule has 0 aliphatic carbocycles. The standard InChI is InChI=1S/C22H18ClF3N4O2/c1-29-17-6-7-18(23)28-19(17)20(16(12-27)21(29)31)30-10-8-15(9-11-30)32-14-4-2-13(3-5-14)22(24,25)26/h2-7,15H,8-11H2,1H3. The highest BCUT2D eigenvalue weighted by molar-refractivity contribution is 6.29. The molecule has 1 aliphatic heterocycles. The van der Waals surface area contributed by atoms with Crippen LogP contribution in [0.2, 0.25) is 5.15 Å². The number of nitrogens with zero attached hydrogens (tertiary/aromatic N) is 4. The zero-order chi connectivity index (χ0) is 23.0. The fourth-order valence-corrected chi connectivity index (χ4v) is 4.04. The molecule has 6 nitrogen and oxygen atoms in total. The summed E-state index contributed by atoms with van der Waals surface area (Å²) >= 11 is 6.08. The Kier molecular flexibility index (Phi) is 5.73. The first-order chi connectivity index (χ1) is 15.2. The summed E-state index contributed by atoms with van der Waals surface area (Å²) in [6.07, 6.45) is -3.48. The number of aromatic nitrogens is 2. The number of nitriles is 1. The van der Waals surface area contributed by atoms with Crippen LogP contribution in [0.15, 0.2) is 41.2 Å². The van der Waals surface area contributed by atoms with Crippen molar-refractivity contribution in [1.82, 2.24) is 9.55 Å². The lowest BCUT2D eigenvalue weighted by molar-refractivity contribution is -0.137. The Morgan fingerprint density at radius 3 is 2.41 bits per heavy atom. The molecule has 4 rings (SSSR count). The lowest BCUT2D eigenvalue weighted by Crippen LogP contribution is -2.40. The average Bonchev–Trinajstić information content (AvgIpc) is 2.76. The van der Waals surface area contributed by atoms with Crippen LogP contribution in [0.5, 0.6) is 5.75 Å². The Morgan fingerprint density at radius 1 is 1.16 bits per heavy atom. The van der Waals surface area contributed by atoms with Gasteiger partial charge in [-0.05, 0) is 36.4 Å². The Labute approximate surface area is 186 Å². The summed E-state index contributed by atoms with van der Waals surface area (Å²) < 4.78 is 45.4. The van der Waals surface area contributed by atoms with Gasteiger partial charge in [0.15, 0.2) is 0 Å². The molecule has 1 fully saturated rings. The molecule has 0 spiro atoms. The molecule has 0 radical (unpaired) electrons. The fourth-order valence-electron chi connectivity index (χ4n) is 3.89. The van der Waals surface area contributed by atoms with Crippen molar-refractivity contribution in [1.29, 1.82) is 5.26 Å². The normalized spacial score (nSPS) is 15.1. The van der Waals surface area contributed by atoms with Crippen LogP contribution in [0.3, 0.4) is 0 Å².